The molecule has 4 nitrogen and oxygen atoms in total. The molecule has 3 N–H and O–H groups in total. The van der Waals surface area contributed by atoms with Gasteiger partial charge in [-0.05, 0) is 31.9 Å². The molecule has 1 aromatic heterocycles. The fourth-order valence-electron chi connectivity index (χ4n) is 2.61. The molecule has 0 radical (unpaired) electrons. The fraction of sp³-hybridized carbons (Fsp3) is 0.643. The Morgan fingerprint density at radius 1 is 1.22 bits per heavy atom. The average molecular weight is 249 g/mol. The second-order valence-corrected chi connectivity index (χ2v) is 5.06. The van der Waals surface area contributed by atoms with Gasteiger partial charge in [-0.1, -0.05) is 25.3 Å². The molecule has 0 aliphatic heterocycles. The van der Waals surface area contributed by atoms with Crippen LogP contribution in [0.2, 0.25) is 0 Å². The van der Waals surface area contributed by atoms with Gasteiger partial charge >= 0.3 is 0 Å². The van der Waals surface area contributed by atoms with Crippen LogP contribution >= 0.6 is 0 Å². The van der Waals surface area contributed by atoms with Gasteiger partial charge < -0.3 is 15.7 Å². The zero-order valence-electron chi connectivity index (χ0n) is 11.1. The smallest absolute Gasteiger partial charge is 0.128 e. The van der Waals surface area contributed by atoms with Crippen LogP contribution in [-0.4, -0.2) is 28.8 Å². The first-order chi connectivity index (χ1) is 8.78. The molecule has 0 bridgehead atoms. The van der Waals surface area contributed by atoms with E-state index >= 15 is 0 Å². The summed E-state index contributed by atoms with van der Waals surface area (Å²) in [6.07, 6.45) is 5.68. The van der Waals surface area contributed by atoms with E-state index < -0.39 is 0 Å². The minimum Gasteiger partial charge on any atom is -0.394 e. The van der Waals surface area contributed by atoms with Crippen LogP contribution in [0.3, 0.4) is 0 Å². The van der Waals surface area contributed by atoms with Crippen molar-refractivity contribution in [3.05, 3.63) is 18.2 Å². The number of aliphatic hydroxyl groups excluding tert-OH is 1. The van der Waals surface area contributed by atoms with Gasteiger partial charge in [0.2, 0.25) is 0 Å². The van der Waals surface area contributed by atoms with Crippen molar-refractivity contribution in [1.29, 1.82) is 0 Å². The highest BCUT2D eigenvalue weighted by Crippen LogP contribution is 2.31. The van der Waals surface area contributed by atoms with Gasteiger partial charge in [0.15, 0.2) is 0 Å². The van der Waals surface area contributed by atoms with E-state index in [0.717, 1.165) is 31.0 Å². The maximum Gasteiger partial charge on any atom is 0.128 e. The van der Waals surface area contributed by atoms with Crippen LogP contribution in [0, 0.1) is 0 Å². The lowest BCUT2D eigenvalue weighted by atomic mass is 9.82. The van der Waals surface area contributed by atoms with Crippen molar-refractivity contribution in [2.24, 2.45) is 0 Å². The van der Waals surface area contributed by atoms with E-state index in [1.54, 1.807) is 0 Å². The first-order valence-electron chi connectivity index (χ1n) is 6.88. The summed E-state index contributed by atoms with van der Waals surface area (Å²) in [5.74, 6) is 1.73. The Morgan fingerprint density at radius 2 is 1.94 bits per heavy atom. The van der Waals surface area contributed by atoms with E-state index in [0.29, 0.717) is 0 Å². The second kappa shape index (κ2) is 6.05. The Kier molecular flexibility index (Phi) is 4.42. The third-order valence-corrected chi connectivity index (χ3v) is 3.61. The van der Waals surface area contributed by atoms with E-state index in [4.69, 9.17) is 0 Å². The van der Waals surface area contributed by atoms with Crippen LogP contribution in [0.1, 0.15) is 39.0 Å². The number of hydrogen-bond donors (Lipinski definition) is 3. The molecule has 0 amide bonds. The number of hydrogen-bond acceptors (Lipinski definition) is 4. The number of pyridine rings is 1. The summed E-state index contributed by atoms with van der Waals surface area (Å²) in [6, 6.07) is 5.91. The van der Waals surface area contributed by atoms with Gasteiger partial charge in [-0.3, -0.25) is 0 Å². The molecule has 1 fully saturated rings. The molecule has 4 heteroatoms. The predicted octanol–water partition coefficient (Wildman–Crippen LogP) is 2.62. The summed E-state index contributed by atoms with van der Waals surface area (Å²) >= 11 is 0. The van der Waals surface area contributed by atoms with Gasteiger partial charge in [-0.15, -0.1) is 0 Å². The minimum atomic E-state index is -0.171. The van der Waals surface area contributed by atoms with Crippen molar-refractivity contribution in [2.45, 2.75) is 44.6 Å². The van der Waals surface area contributed by atoms with Crippen molar-refractivity contribution in [2.75, 3.05) is 23.8 Å². The fourth-order valence-corrected chi connectivity index (χ4v) is 2.61. The maximum atomic E-state index is 9.67. The Hall–Kier alpha value is -1.29. The topological polar surface area (TPSA) is 57.2 Å². The molecule has 18 heavy (non-hydrogen) atoms. The van der Waals surface area contributed by atoms with Crippen molar-refractivity contribution < 1.29 is 5.11 Å². The summed E-state index contributed by atoms with van der Waals surface area (Å²) in [4.78, 5) is 4.52. The van der Waals surface area contributed by atoms with Crippen molar-refractivity contribution in [1.82, 2.24) is 4.98 Å². The van der Waals surface area contributed by atoms with E-state index in [1.165, 1.54) is 19.3 Å². The van der Waals surface area contributed by atoms with Gasteiger partial charge in [0.1, 0.15) is 11.6 Å². The van der Waals surface area contributed by atoms with E-state index in [1.807, 2.05) is 18.2 Å². The molecule has 0 unspecified atom stereocenters. The molecule has 1 aromatic rings. The van der Waals surface area contributed by atoms with E-state index in [-0.39, 0.29) is 12.1 Å². The molecule has 1 aliphatic rings. The lowest BCUT2D eigenvalue weighted by Gasteiger charge is -2.37. The standard InChI is InChI=1S/C14H23N3O/c1-2-15-12-7-6-8-13(16-12)17-14(11-18)9-4-3-5-10-14/h6-8,18H,2-5,9-11H2,1H3,(H2,15,16,17). The van der Waals surface area contributed by atoms with Crippen LogP contribution in [0.25, 0.3) is 0 Å². The summed E-state index contributed by atoms with van der Waals surface area (Å²) in [5.41, 5.74) is -0.171. The number of aliphatic hydroxyl groups is 1. The average Bonchev–Trinajstić information content (AvgIpc) is 2.41. The molecule has 1 aliphatic carbocycles. The number of anilines is 2. The van der Waals surface area contributed by atoms with Crippen molar-refractivity contribution >= 4 is 11.6 Å². The van der Waals surface area contributed by atoms with Gasteiger partial charge in [0.25, 0.3) is 0 Å². The summed E-state index contributed by atoms with van der Waals surface area (Å²) in [5, 5.41) is 16.3. The highest BCUT2D eigenvalue weighted by Gasteiger charge is 2.31. The SMILES string of the molecule is CCNc1cccc(NC2(CO)CCCCC2)n1. The van der Waals surface area contributed by atoms with Crippen LogP contribution in [0.4, 0.5) is 11.6 Å². The number of rotatable bonds is 5. The Labute approximate surface area is 109 Å². The Morgan fingerprint density at radius 3 is 2.61 bits per heavy atom. The minimum absolute atomic E-state index is 0.171. The lowest BCUT2D eigenvalue weighted by Crippen LogP contribution is -2.44. The summed E-state index contributed by atoms with van der Waals surface area (Å²) in [6.45, 7) is 3.10. The molecular formula is C14H23N3O. The zero-order chi connectivity index (χ0) is 12.8. The molecule has 1 saturated carbocycles. The highest BCUT2D eigenvalue weighted by atomic mass is 16.3. The molecule has 0 atom stereocenters. The van der Waals surface area contributed by atoms with Gasteiger partial charge in [-0.2, -0.15) is 0 Å². The first-order valence-corrected chi connectivity index (χ1v) is 6.88. The summed E-state index contributed by atoms with van der Waals surface area (Å²) in [7, 11) is 0. The third-order valence-electron chi connectivity index (χ3n) is 3.61. The molecule has 2 rings (SSSR count). The molecule has 0 spiro atoms. The van der Waals surface area contributed by atoms with E-state index in [2.05, 4.69) is 22.5 Å². The van der Waals surface area contributed by atoms with E-state index in [9.17, 15) is 5.11 Å². The van der Waals surface area contributed by atoms with Gasteiger partial charge in [-0.25, -0.2) is 4.98 Å². The van der Waals surface area contributed by atoms with Gasteiger partial charge in [0, 0.05) is 6.54 Å². The quantitative estimate of drug-likeness (QED) is 0.751. The van der Waals surface area contributed by atoms with Crippen LogP contribution < -0.4 is 10.6 Å². The monoisotopic (exact) mass is 249 g/mol. The molecule has 0 aromatic carbocycles. The lowest BCUT2D eigenvalue weighted by molar-refractivity contribution is 0.172. The summed E-state index contributed by atoms with van der Waals surface area (Å²) < 4.78 is 0. The number of aromatic nitrogens is 1. The molecule has 100 valence electrons. The molecule has 1 heterocycles. The Balaban J connectivity index is 2.08. The maximum absolute atomic E-state index is 9.67. The highest BCUT2D eigenvalue weighted by molar-refractivity contribution is 5.46. The Bertz CT molecular complexity index is 375. The largest absolute Gasteiger partial charge is 0.394 e. The van der Waals surface area contributed by atoms with Gasteiger partial charge in [0.05, 0.1) is 12.1 Å². The second-order valence-electron chi connectivity index (χ2n) is 5.06. The zero-order valence-corrected chi connectivity index (χ0v) is 11.1. The van der Waals surface area contributed by atoms with Crippen molar-refractivity contribution in [3.63, 3.8) is 0 Å². The number of nitrogens with zero attached hydrogens (tertiary/aromatic N) is 1. The van der Waals surface area contributed by atoms with Crippen LogP contribution in [0.15, 0.2) is 18.2 Å². The van der Waals surface area contributed by atoms with Crippen LogP contribution in [-0.2, 0) is 0 Å². The van der Waals surface area contributed by atoms with Crippen LogP contribution in [0.5, 0.6) is 0 Å². The third kappa shape index (κ3) is 3.13. The van der Waals surface area contributed by atoms with Crippen molar-refractivity contribution in [3.8, 4) is 0 Å². The normalized spacial score (nSPS) is 18.3. The first kappa shape index (κ1) is 13.1. The number of nitrogens with one attached hydrogen (secondary N) is 2. The predicted molar refractivity (Wildman–Crippen MR) is 74.9 cm³/mol. The molecular weight excluding hydrogens is 226 g/mol. The molecule has 0 saturated heterocycles.